The maximum Gasteiger partial charge on any atom is 0.240 e. The number of nitrogens with one attached hydrogen (secondary N) is 3. The predicted molar refractivity (Wildman–Crippen MR) is 97.2 cm³/mol. The van der Waals surface area contributed by atoms with Crippen molar-refractivity contribution in [1.82, 2.24) is 20.3 Å². The average Bonchev–Trinajstić information content (AvgIpc) is 3.36. The Morgan fingerprint density at radius 2 is 2.12 bits per heavy atom. The Kier molecular flexibility index (Phi) is 4.19. The molecule has 0 radical (unpaired) electrons. The van der Waals surface area contributed by atoms with Crippen molar-refractivity contribution in [3.05, 3.63) is 53.9 Å². The summed E-state index contributed by atoms with van der Waals surface area (Å²) in [6.07, 6.45) is 4.17. The molecule has 128 valence electrons. The van der Waals surface area contributed by atoms with Crippen molar-refractivity contribution >= 4 is 22.9 Å². The minimum Gasteiger partial charge on any atom is -0.324 e. The van der Waals surface area contributed by atoms with Crippen molar-refractivity contribution in [3.63, 3.8) is 0 Å². The van der Waals surface area contributed by atoms with Gasteiger partial charge in [0.2, 0.25) is 11.9 Å². The fraction of sp³-hybridized carbons (Fsp3) is 0.316. The van der Waals surface area contributed by atoms with Crippen LogP contribution in [0.25, 0.3) is 11.0 Å². The summed E-state index contributed by atoms with van der Waals surface area (Å²) in [7, 11) is 0. The molecule has 6 nitrogen and oxygen atoms in total. The number of rotatable bonds is 6. The van der Waals surface area contributed by atoms with Crippen molar-refractivity contribution in [2.45, 2.75) is 25.8 Å². The van der Waals surface area contributed by atoms with E-state index in [0.717, 1.165) is 22.3 Å². The van der Waals surface area contributed by atoms with Gasteiger partial charge in [0.05, 0.1) is 29.3 Å². The second-order valence-electron chi connectivity index (χ2n) is 6.55. The van der Waals surface area contributed by atoms with Crippen LogP contribution in [-0.2, 0) is 4.79 Å². The van der Waals surface area contributed by atoms with E-state index in [2.05, 4.69) is 38.6 Å². The van der Waals surface area contributed by atoms with Crippen LogP contribution in [0.2, 0.25) is 0 Å². The standard InChI is InChI=1S/C19H21N5O/c1-12-5-4-10-20-17(12)18(13-8-9-13)21-11-16(25)24-19-22-14-6-2-3-7-15(14)23-19/h2-7,10,13,18,21H,8-9,11H2,1H3,(H2,22,23,24,25). The van der Waals surface area contributed by atoms with E-state index in [1.807, 2.05) is 36.5 Å². The summed E-state index contributed by atoms with van der Waals surface area (Å²) < 4.78 is 0. The van der Waals surface area contributed by atoms with Gasteiger partial charge in [-0.1, -0.05) is 18.2 Å². The zero-order valence-electron chi connectivity index (χ0n) is 14.1. The second kappa shape index (κ2) is 6.64. The number of nitrogens with zero attached hydrogens (tertiary/aromatic N) is 2. The fourth-order valence-corrected chi connectivity index (χ4v) is 3.13. The lowest BCUT2D eigenvalue weighted by molar-refractivity contribution is -0.115. The first kappa shape index (κ1) is 15.8. The number of hydrogen-bond acceptors (Lipinski definition) is 4. The Bertz CT molecular complexity index is 866. The van der Waals surface area contributed by atoms with Gasteiger partial charge in [-0.3, -0.25) is 20.4 Å². The van der Waals surface area contributed by atoms with Gasteiger partial charge in [0.1, 0.15) is 0 Å². The Labute approximate surface area is 146 Å². The quantitative estimate of drug-likeness (QED) is 0.647. The topological polar surface area (TPSA) is 82.7 Å². The molecule has 25 heavy (non-hydrogen) atoms. The number of benzene rings is 1. The maximum absolute atomic E-state index is 12.3. The first-order valence-corrected chi connectivity index (χ1v) is 8.60. The zero-order valence-corrected chi connectivity index (χ0v) is 14.1. The third-order valence-corrected chi connectivity index (χ3v) is 4.57. The van der Waals surface area contributed by atoms with Crippen molar-refractivity contribution in [2.24, 2.45) is 5.92 Å². The van der Waals surface area contributed by atoms with Gasteiger partial charge < -0.3 is 4.98 Å². The molecule has 1 aromatic carbocycles. The Morgan fingerprint density at radius 3 is 2.88 bits per heavy atom. The van der Waals surface area contributed by atoms with Gasteiger partial charge in [-0.05, 0) is 49.4 Å². The summed E-state index contributed by atoms with van der Waals surface area (Å²) in [6, 6.07) is 11.8. The molecular formula is C19H21N5O. The highest BCUT2D eigenvalue weighted by molar-refractivity contribution is 5.92. The molecule has 3 aromatic rings. The van der Waals surface area contributed by atoms with E-state index in [9.17, 15) is 4.79 Å². The highest BCUT2D eigenvalue weighted by Crippen LogP contribution is 2.41. The predicted octanol–water partition coefficient (Wildman–Crippen LogP) is 2.95. The van der Waals surface area contributed by atoms with Crippen LogP contribution in [0.15, 0.2) is 42.6 Å². The lowest BCUT2D eigenvalue weighted by Crippen LogP contribution is -2.33. The van der Waals surface area contributed by atoms with E-state index in [1.165, 1.54) is 12.8 Å². The van der Waals surface area contributed by atoms with Gasteiger partial charge in [-0.15, -0.1) is 0 Å². The van der Waals surface area contributed by atoms with Crippen LogP contribution in [-0.4, -0.2) is 27.4 Å². The van der Waals surface area contributed by atoms with Gasteiger partial charge in [0.25, 0.3) is 0 Å². The number of imidazole rings is 1. The number of fused-ring (bicyclic) bond motifs is 1. The molecule has 1 aliphatic carbocycles. The van der Waals surface area contributed by atoms with Crippen LogP contribution in [0.3, 0.4) is 0 Å². The molecule has 3 N–H and O–H groups in total. The lowest BCUT2D eigenvalue weighted by Gasteiger charge is -2.19. The van der Waals surface area contributed by atoms with Crippen molar-refractivity contribution in [3.8, 4) is 0 Å². The molecule has 2 heterocycles. The lowest BCUT2D eigenvalue weighted by atomic mass is 10.0. The van der Waals surface area contributed by atoms with Crippen LogP contribution in [0, 0.1) is 12.8 Å². The number of anilines is 1. The molecule has 0 bridgehead atoms. The second-order valence-corrected chi connectivity index (χ2v) is 6.55. The van der Waals surface area contributed by atoms with Gasteiger partial charge in [-0.25, -0.2) is 4.98 Å². The van der Waals surface area contributed by atoms with Crippen LogP contribution >= 0.6 is 0 Å². The fourth-order valence-electron chi connectivity index (χ4n) is 3.13. The number of aromatic nitrogens is 3. The Morgan fingerprint density at radius 1 is 1.28 bits per heavy atom. The molecule has 0 spiro atoms. The maximum atomic E-state index is 12.3. The van der Waals surface area contributed by atoms with E-state index in [0.29, 0.717) is 11.9 Å². The summed E-state index contributed by atoms with van der Waals surface area (Å²) in [5, 5.41) is 6.20. The Balaban J connectivity index is 1.41. The molecule has 0 saturated heterocycles. The normalized spacial score (nSPS) is 15.2. The Hall–Kier alpha value is -2.73. The molecule has 0 aliphatic heterocycles. The first-order valence-electron chi connectivity index (χ1n) is 8.60. The van der Waals surface area contributed by atoms with Crippen molar-refractivity contribution < 1.29 is 4.79 Å². The smallest absolute Gasteiger partial charge is 0.240 e. The molecule has 1 aliphatic rings. The molecule has 6 heteroatoms. The molecule has 1 amide bonds. The van der Waals surface area contributed by atoms with E-state index in [1.54, 1.807) is 0 Å². The van der Waals surface area contributed by atoms with Crippen molar-refractivity contribution in [1.29, 1.82) is 0 Å². The van der Waals surface area contributed by atoms with Crippen LogP contribution < -0.4 is 10.6 Å². The van der Waals surface area contributed by atoms with E-state index in [4.69, 9.17) is 0 Å². The highest BCUT2D eigenvalue weighted by Gasteiger charge is 2.34. The monoisotopic (exact) mass is 335 g/mol. The number of para-hydroxylation sites is 2. The van der Waals surface area contributed by atoms with Gasteiger partial charge in [0, 0.05) is 6.20 Å². The number of carbonyl (C=O) groups is 1. The van der Waals surface area contributed by atoms with Gasteiger partial charge in [0.15, 0.2) is 0 Å². The molecule has 2 aromatic heterocycles. The molecular weight excluding hydrogens is 314 g/mol. The minimum atomic E-state index is -0.113. The number of aromatic amines is 1. The third-order valence-electron chi connectivity index (χ3n) is 4.57. The summed E-state index contributed by atoms with van der Waals surface area (Å²) >= 11 is 0. The summed E-state index contributed by atoms with van der Waals surface area (Å²) in [5.74, 6) is 0.927. The largest absolute Gasteiger partial charge is 0.324 e. The number of amides is 1. The molecule has 1 unspecified atom stereocenters. The molecule has 1 fully saturated rings. The van der Waals surface area contributed by atoms with Crippen LogP contribution in [0.4, 0.5) is 5.95 Å². The minimum absolute atomic E-state index is 0.113. The van der Waals surface area contributed by atoms with Crippen LogP contribution in [0.1, 0.15) is 30.1 Å². The van der Waals surface area contributed by atoms with E-state index < -0.39 is 0 Å². The molecule has 4 rings (SSSR count). The number of carbonyl (C=O) groups excluding carboxylic acids is 1. The molecule has 1 saturated carbocycles. The van der Waals surface area contributed by atoms with E-state index >= 15 is 0 Å². The number of aryl methyl sites for hydroxylation is 1. The summed E-state index contributed by atoms with van der Waals surface area (Å²) in [4.78, 5) is 24.3. The highest BCUT2D eigenvalue weighted by atomic mass is 16.2. The number of pyridine rings is 1. The zero-order chi connectivity index (χ0) is 17.2. The summed E-state index contributed by atoms with van der Waals surface area (Å²) in [5.41, 5.74) is 3.95. The number of hydrogen-bond donors (Lipinski definition) is 3. The van der Waals surface area contributed by atoms with Crippen LogP contribution in [0.5, 0.6) is 0 Å². The van der Waals surface area contributed by atoms with Gasteiger partial charge in [-0.2, -0.15) is 0 Å². The SMILES string of the molecule is Cc1cccnc1C(NCC(=O)Nc1nc2ccccc2[nH]1)C1CC1. The summed E-state index contributed by atoms with van der Waals surface area (Å²) in [6.45, 7) is 2.29. The van der Waals surface area contributed by atoms with E-state index in [-0.39, 0.29) is 18.5 Å². The first-order chi connectivity index (χ1) is 12.2. The number of H-pyrrole nitrogens is 1. The third kappa shape index (κ3) is 3.53. The van der Waals surface area contributed by atoms with Gasteiger partial charge >= 0.3 is 0 Å². The molecule has 1 atom stereocenters. The average molecular weight is 335 g/mol. The van der Waals surface area contributed by atoms with Crippen molar-refractivity contribution in [2.75, 3.05) is 11.9 Å².